The van der Waals surface area contributed by atoms with E-state index >= 15 is 0 Å². The molecule has 0 atom stereocenters. The number of hydrogen-bond donors (Lipinski definition) is 0. The summed E-state index contributed by atoms with van der Waals surface area (Å²) in [4.78, 5) is 4.35. The molecule has 0 saturated carbocycles. The number of hydrogen-bond acceptors (Lipinski definition) is 2. The maximum atomic E-state index is 3.98. The lowest BCUT2D eigenvalue weighted by Crippen LogP contribution is -2.22. The molecule has 2 heteroatoms. The summed E-state index contributed by atoms with van der Waals surface area (Å²) in [5, 5.41) is 0. The van der Waals surface area contributed by atoms with Crippen LogP contribution in [-0.4, -0.2) is 37.0 Å². The van der Waals surface area contributed by atoms with Crippen LogP contribution in [0.4, 0.5) is 0 Å². The lowest BCUT2D eigenvalue weighted by atomic mass is 10.3. The fourth-order valence-corrected chi connectivity index (χ4v) is 1.21. The highest BCUT2D eigenvalue weighted by Crippen LogP contribution is 2.15. The zero-order valence-corrected chi connectivity index (χ0v) is 7.43. The lowest BCUT2D eigenvalue weighted by molar-refractivity contribution is 0.370. The molecule has 0 spiro atoms. The van der Waals surface area contributed by atoms with Gasteiger partial charge in [-0.15, -0.1) is 0 Å². The van der Waals surface area contributed by atoms with Crippen LogP contribution >= 0.6 is 0 Å². The SMILES string of the molecule is C=C1CCN(C)CC(=C)N1C. The second-order valence-corrected chi connectivity index (χ2v) is 3.18. The highest BCUT2D eigenvalue weighted by Gasteiger charge is 2.13. The Morgan fingerprint density at radius 1 is 1.18 bits per heavy atom. The largest absolute Gasteiger partial charge is 0.351 e. The Bertz CT molecular complexity index is 184. The molecular formula is C9H16N2. The first-order valence-electron chi connectivity index (χ1n) is 3.89. The lowest BCUT2D eigenvalue weighted by Gasteiger charge is -2.20. The van der Waals surface area contributed by atoms with Crippen molar-refractivity contribution < 1.29 is 0 Å². The highest BCUT2D eigenvalue weighted by atomic mass is 15.2. The third-order valence-electron chi connectivity index (χ3n) is 2.18. The van der Waals surface area contributed by atoms with E-state index in [0.717, 1.165) is 25.2 Å². The smallest absolute Gasteiger partial charge is 0.0378 e. The Labute approximate surface area is 68.8 Å². The highest BCUT2D eigenvalue weighted by molar-refractivity contribution is 5.10. The molecular weight excluding hydrogens is 136 g/mol. The van der Waals surface area contributed by atoms with Gasteiger partial charge >= 0.3 is 0 Å². The van der Waals surface area contributed by atoms with Gasteiger partial charge < -0.3 is 9.80 Å². The summed E-state index contributed by atoms with van der Waals surface area (Å²) in [5.74, 6) is 0. The van der Waals surface area contributed by atoms with E-state index in [9.17, 15) is 0 Å². The van der Waals surface area contributed by atoms with Crippen LogP contribution < -0.4 is 0 Å². The van der Waals surface area contributed by atoms with Gasteiger partial charge in [-0.3, -0.25) is 0 Å². The molecule has 11 heavy (non-hydrogen) atoms. The van der Waals surface area contributed by atoms with Crippen LogP contribution in [0.5, 0.6) is 0 Å². The molecule has 1 heterocycles. The quantitative estimate of drug-likeness (QED) is 0.516. The van der Waals surface area contributed by atoms with Crippen LogP contribution in [0, 0.1) is 0 Å². The van der Waals surface area contributed by atoms with E-state index in [4.69, 9.17) is 0 Å². The molecule has 0 unspecified atom stereocenters. The van der Waals surface area contributed by atoms with Crippen molar-refractivity contribution in [2.45, 2.75) is 6.42 Å². The number of nitrogens with zero attached hydrogens (tertiary/aromatic N) is 2. The maximum absolute atomic E-state index is 3.98. The van der Waals surface area contributed by atoms with E-state index in [-0.39, 0.29) is 0 Å². The molecule has 1 rings (SSSR count). The zero-order valence-electron chi connectivity index (χ0n) is 7.43. The molecule has 1 aliphatic heterocycles. The van der Waals surface area contributed by atoms with Crippen LogP contribution in [0.15, 0.2) is 24.6 Å². The molecule has 0 aliphatic carbocycles. The molecule has 0 bridgehead atoms. The molecule has 0 aromatic rings. The first kappa shape index (κ1) is 8.34. The number of rotatable bonds is 0. The van der Waals surface area contributed by atoms with Crippen LogP contribution in [0.3, 0.4) is 0 Å². The minimum absolute atomic E-state index is 0.954. The van der Waals surface area contributed by atoms with Crippen molar-refractivity contribution >= 4 is 0 Å². The zero-order chi connectivity index (χ0) is 8.43. The first-order chi connectivity index (χ1) is 5.11. The fraction of sp³-hybridized carbons (Fsp3) is 0.556. The molecule has 0 radical (unpaired) electrons. The fourth-order valence-electron chi connectivity index (χ4n) is 1.21. The van der Waals surface area contributed by atoms with E-state index in [1.54, 1.807) is 0 Å². The van der Waals surface area contributed by atoms with Crippen LogP contribution in [0.2, 0.25) is 0 Å². The summed E-state index contributed by atoms with van der Waals surface area (Å²) < 4.78 is 0. The normalized spacial score (nSPS) is 22.2. The standard InChI is InChI=1S/C9H16N2/c1-8-5-6-10(3)7-9(2)11(8)4/h1-2,5-7H2,3-4H3. The summed E-state index contributed by atoms with van der Waals surface area (Å²) in [6, 6.07) is 0. The molecule has 1 aliphatic rings. The van der Waals surface area contributed by atoms with Gasteiger partial charge in [-0.05, 0) is 13.5 Å². The van der Waals surface area contributed by atoms with Gasteiger partial charge in [-0.2, -0.15) is 0 Å². The average Bonchev–Trinajstić information content (AvgIpc) is 2.05. The van der Waals surface area contributed by atoms with Gasteiger partial charge in [-0.1, -0.05) is 13.2 Å². The van der Waals surface area contributed by atoms with Gasteiger partial charge in [0.15, 0.2) is 0 Å². The van der Waals surface area contributed by atoms with E-state index < -0.39 is 0 Å². The Hall–Kier alpha value is -0.760. The average molecular weight is 152 g/mol. The van der Waals surface area contributed by atoms with Crippen molar-refractivity contribution in [1.82, 2.24) is 9.80 Å². The molecule has 0 N–H and O–H groups in total. The molecule has 1 fully saturated rings. The van der Waals surface area contributed by atoms with E-state index in [1.165, 1.54) is 5.70 Å². The van der Waals surface area contributed by atoms with Crippen molar-refractivity contribution in [2.75, 3.05) is 27.2 Å². The van der Waals surface area contributed by atoms with Crippen LogP contribution in [-0.2, 0) is 0 Å². The third-order valence-corrected chi connectivity index (χ3v) is 2.18. The predicted molar refractivity (Wildman–Crippen MR) is 48.2 cm³/mol. The monoisotopic (exact) mass is 152 g/mol. The predicted octanol–water partition coefficient (Wildman–Crippen LogP) is 1.28. The van der Waals surface area contributed by atoms with Crippen molar-refractivity contribution in [1.29, 1.82) is 0 Å². The molecule has 0 aromatic carbocycles. The van der Waals surface area contributed by atoms with Gasteiger partial charge in [0.1, 0.15) is 0 Å². The molecule has 62 valence electrons. The van der Waals surface area contributed by atoms with E-state index in [0.29, 0.717) is 0 Å². The second-order valence-electron chi connectivity index (χ2n) is 3.18. The Balaban J connectivity index is 2.69. The molecule has 2 nitrogen and oxygen atoms in total. The summed E-state index contributed by atoms with van der Waals surface area (Å²) >= 11 is 0. The van der Waals surface area contributed by atoms with Crippen LogP contribution in [0.25, 0.3) is 0 Å². The third kappa shape index (κ3) is 1.84. The summed E-state index contributed by atoms with van der Waals surface area (Å²) in [5.41, 5.74) is 2.30. The minimum atomic E-state index is 0.954. The van der Waals surface area contributed by atoms with Gasteiger partial charge in [0.05, 0.1) is 0 Å². The van der Waals surface area contributed by atoms with Crippen molar-refractivity contribution in [2.24, 2.45) is 0 Å². The Morgan fingerprint density at radius 3 is 2.45 bits per heavy atom. The number of likely N-dealkylation sites (N-methyl/N-ethyl adjacent to an activating group) is 2. The van der Waals surface area contributed by atoms with Gasteiger partial charge in [-0.25, -0.2) is 0 Å². The maximum Gasteiger partial charge on any atom is 0.0378 e. The van der Waals surface area contributed by atoms with Crippen molar-refractivity contribution in [3.63, 3.8) is 0 Å². The van der Waals surface area contributed by atoms with E-state index in [1.807, 2.05) is 7.05 Å². The Morgan fingerprint density at radius 2 is 1.82 bits per heavy atom. The summed E-state index contributed by atoms with van der Waals surface area (Å²) in [6.45, 7) is 10.00. The van der Waals surface area contributed by atoms with Gasteiger partial charge in [0, 0.05) is 31.5 Å². The second kappa shape index (κ2) is 3.09. The summed E-state index contributed by atoms with van der Waals surface area (Å²) in [7, 11) is 4.14. The topological polar surface area (TPSA) is 6.48 Å². The van der Waals surface area contributed by atoms with Crippen molar-refractivity contribution in [3.05, 3.63) is 24.6 Å². The molecule has 0 aromatic heterocycles. The van der Waals surface area contributed by atoms with E-state index in [2.05, 4.69) is 30.0 Å². The molecule has 1 saturated heterocycles. The minimum Gasteiger partial charge on any atom is -0.351 e. The van der Waals surface area contributed by atoms with Gasteiger partial charge in [0.25, 0.3) is 0 Å². The van der Waals surface area contributed by atoms with Crippen LogP contribution in [0.1, 0.15) is 6.42 Å². The summed E-state index contributed by atoms with van der Waals surface area (Å²) in [6.07, 6.45) is 1.05. The van der Waals surface area contributed by atoms with Gasteiger partial charge in [0.2, 0.25) is 0 Å². The van der Waals surface area contributed by atoms with Crippen molar-refractivity contribution in [3.8, 4) is 0 Å². The molecule has 0 amide bonds. The first-order valence-corrected chi connectivity index (χ1v) is 3.89. The Kier molecular flexibility index (Phi) is 2.35.